The molecule has 8 nitrogen and oxygen atoms in total. The van der Waals surface area contributed by atoms with E-state index in [2.05, 4.69) is 10.5 Å². The van der Waals surface area contributed by atoms with E-state index in [9.17, 15) is 18.4 Å². The Kier molecular flexibility index (Phi) is 4.35. The van der Waals surface area contributed by atoms with Crippen molar-refractivity contribution >= 4 is 29.1 Å². The van der Waals surface area contributed by atoms with Gasteiger partial charge in [0.25, 0.3) is 0 Å². The number of benzene rings is 1. The molecule has 1 spiro atoms. The summed E-state index contributed by atoms with van der Waals surface area (Å²) in [6.45, 7) is 2.10. The van der Waals surface area contributed by atoms with Crippen LogP contribution in [0.2, 0.25) is 0 Å². The van der Waals surface area contributed by atoms with E-state index in [0.29, 0.717) is 12.3 Å². The zero-order valence-corrected chi connectivity index (χ0v) is 15.2. The Hall–Kier alpha value is -2.91. The molecule has 2 amide bonds. The van der Waals surface area contributed by atoms with Crippen LogP contribution >= 0.6 is 0 Å². The van der Waals surface area contributed by atoms with Gasteiger partial charge in [-0.05, 0) is 12.8 Å². The van der Waals surface area contributed by atoms with Crippen LogP contribution in [0.3, 0.4) is 0 Å². The summed E-state index contributed by atoms with van der Waals surface area (Å²) in [5.41, 5.74) is 0.114. The third-order valence-corrected chi connectivity index (χ3v) is 5.50. The molecule has 1 aromatic carbocycles. The molecule has 150 valence electrons. The molecule has 3 fully saturated rings. The van der Waals surface area contributed by atoms with Crippen molar-refractivity contribution in [2.24, 2.45) is 10.6 Å². The van der Waals surface area contributed by atoms with Crippen LogP contribution in [0.5, 0.6) is 0 Å². The molecule has 1 aliphatic carbocycles. The molecule has 0 aromatic heterocycles. The fraction of sp³-hybridized carbons (Fsp3) is 0.500. The number of cyclic esters (lactones) is 1. The fourth-order valence-corrected chi connectivity index (χ4v) is 3.86. The van der Waals surface area contributed by atoms with E-state index in [-0.39, 0.29) is 42.3 Å². The third kappa shape index (κ3) is 3.12. The van der Waals surface area contributed by atoms with Gasteiger partial charge in [-0.15, -0.1) is 0 Å². The van der Waals surface area contributed by atoms with Gasteiger partial charge in [0, 0.05) is 31.0 Å². The van der Waals surface area contributed by atoms with Gasteiger partial charge in [-0.3, -0.25) is 9.69 Å². The maximum Gasteiger partial charge on any atom is 0.414 e. The Morgan fingerprint density at radius 3 is 2.61 bits per heavy atom. The molecule has 1 aromatic rings. The SMILES string of the molecule is CC(=O)NC[C@H]1CN(c2cc(F)c(N3C/C(=N\O)C4(CC4)C3)c(F)c2)C(=O)O1. The van der Waals surface area contributed by atoms with E-state index in [4.69, 9.17) is 9.94 Å². The van der Waals surface area contributed by atoms with Crippen molar-refractivity contribution < 1.29 is 28.3 Å². The van der Waals surface area contributed by atoms with Gasteiger partial charge in [0.1, 0.15) is 11.8 Å². The number of amides is 2. The van der Waals surface area contributed by atoms with Gasteiger partial charge in [0.05, 0.1) is 31.0 Å². The fourth-order valence-electron chi connectivity index (χ4n) is 3.86. The minimum absolute atomic E-state index is 0.0467. The lowest BCUT2D eigenvalue weighted by atomic mass is 10.1. The first-order chi connectivity index (χ1) is 13.3. The second-order valence-corrected chi connectivity index (χ2v) is 7.49. The summed E-state index contributed by atoms with van der Waals surface area (Å²) in [4.78, 5) is 25.7. The molecule has 1 atom stereocenters. The molecule has 0 radical (unpaired) electrons. The number of anilines is 2. The molecule has 4 rings (SSSR count). The van der Waals surface area contributed by atoms with Crippen molar-refractivity contribution in [2.75, 3.05) is 36.0 Å². The molecule has 3 aliphatic rings. The molecule has 10 heteroatoms. The highest BCUT2D eigenvalue weighted by Crippen LogP contribution is 2.52. The summed E-state index contributed by atoms with van der Waals surface area (Å²) in [6.07, 6.45) is 0.340. The first-order valence-corrected chi connectivity index (χ1v) is 9.01. The van der Waals surface area contributed by atoms with Crippen molar-refractivity contribution in [1.29, 1.82) is 0 Å². The van der Waals surface area contributed by atoms with E-state index >= 15 is 0 Å². The number of carbonyl (C=O) groups excluding carboxylic acids is 2. The molecule has 2 N–H and O–H groups in total. The number of nitrogens with zero attached hydrogens (tertiary/aromatic N) is 3. The van der Waals surface area contributed by atoms with Crippen molar-refractivity contribution in [3.05, 3.63) is 23.8 Å². The maximum absolute atomic E-state index is 14.8. The number of hydrogen-bond acceptors (Lipinski definition) is 6. The molecular formula is C18H20F2N4O4. The second kappa shape index (κ2) is 6.61. The Balaban J connectivity index is 1.54. The highest BCUT2D eigenvalue weighted by molar-refractivity contribution is 5.99. The van der Waals surface area contributed by atoms with Crippen LogP contribution < -0.4 is 15.1 Å². The lowest BCUT2D eigenvalue weighted by Crippen LogP contribution is -2.33. The normalized spacial score (nSPS) is 24.2. The van der Waals surface area contributed by atoms with Gasteiger partial charge in [0.15, 0.2) is 11.6 Å². The Labute approximate surface area is 159 Å². The summed E-state index contributed by atoms with van der Waals surface area (Å²) >= 11 is 0. The number of oxime groups is 1. The van der Waals surface area contributed by atoms with Crippen molar-refractivity contribution in [3.63, 3.8) is 0 Å². The van der Waals surface area contributed by atoms with Gasteiger partial charge in [0.2, 0.25) is 5.91 Å². The molecule has 2 saturated heterocycles. The average molecular weight is 394 g/mol. The van der Waals surface area contributed by atoms with Crippen LogP contribution in [0.1, 0.15) is 19.8 Å². The van der Waals surface area contributed by atoms with Gasteiger partial charge < -0.3 is 20.2 Å². The lowest BCUT2D eigenvalue weighted by molar-refractivity contribution is -0.119. The second-order valence-electron chi connectivity index (χ2n) is 7.49. The Morgan fingerprint density at radius 2 is 2.07 bits per heavy atom. The number of halogens is 2. The van der Waals surface area contributed by atoms with E-state index in [1.165, 1.54) is 11.8 Å². The molecule has 2 heterocycles. The highest BCUT2D eigenvalue weighted by atomic mass is 19.1. The Morgan fingerprint density at radius 1 is 1.39 bits per heavy atom. The molecule has 2 aliphatic heterocycles. The minimum atomic E-state index is -0.803. The van der Waals surface area contributed by atoms with Crippen LogP contribution in [0.15, 0.2) is 17.3 Å². The number of nitrogens with one attached hydrogen (secondary N) is 1. The third-order valence-electron chi connectivity index (χ3n) is 5.50. The summed E-state index contributed by atoms with van der Waals surface area (Å²) < 4.78 is 34.7. The predicted molar refractivity (Wildman–Crippen MR) is 95.8 cm³/mol. The Bertz CT molecular complexity index is 848. The predicted octanol–water partition coefficient (Wildman–Crippen LogP) is 1.86. The summed E-state index contributed by atoms with van der Waals surface area (Å²) in [6, 6.07) is 2.18. The summed E-state index contributed by atoms with van der Waals surface area (Å²) in [5, 5.41) is 15.0. The van der Waals surface area contributed by atoms with Gasteiger partial charge in [-0.2, -0.15) is 0 Å². The molecular weight excluding hydrogens is 374 g/mol. The standard InChI is InChI=1S/C18H20F2N4O4/c1-10(25)21-6-12-7-24(17(26)28-12)11-4-13(19)16(14(20)5-11)23-8-15(22-27)18(9-23)2-3-18/h4-5,12,27H,2-3,6-9H2,1H3,(H,21,25)/b22-15+/t12-/m0/s1. The van der Waals surface area contributed by atoms with Crippen molar-refractivity contribution in [1.82, 2.24) is 5.32 Å². The molecule has 0 unspecified atom stereocenters. The summed E-state index contributed by atoms with van der Waals surface area (Å²) in [5.74, 6) is -1.87. The first-order valence-electron chi connectivity index (χ1n) is 9.01. The van der Waals surface area contributed by atoms with E-state index < -0.39 is 23.8 Å². The number of hydrogen-bond donors (Lipinski definition) is 2. The quantitative estimate of drug-likeness (QED) is 0.601. The number of carbonyl (C=O) groups is 2. The van der Waals surface area contributed by atoms with Crippen LogP contribution in [0.25, 0.3) is 0 Å². The van der Waals surface area contributed by atoms with E-state index in [0.717, 1.165) is 29.9 Å². The largest absolute Gasteiger partial charge is 0.442 e. The number of rotatable bonds is 4. The van der Waals surface area contributed by atoms with Crippen molar-refractivity contribution in [2.45, 2.75) is 25.9 Å². The van der Waals surface area contributed by atoms with E-state index in [1.807, 2.05) is 0 Å². The van der Waals surface area contributed by atoms with E-state index in [1.54, 1.807) is 0 Å². The van der Waals surface area contributed by atoms with Crippen molar-refractivity contribution in [3.8, 4) is 0 Å². The van der Waals surface area contributed by atoms with Crippen LogP contribution in [-0.2, 0) is 9.53 Å². The highest BCUT2D eigenvalue weighted by Gasteiger charge is 2.54. The zero-order chi connectivity index (χ0) is 20.1. The number of ether oxygens (including phenoxy) is 1. The van der Waals surface area contributed by atoms with Gasteiger partial charge in [-0.25, -0.2) is 13.6 Å². The maximum atomic E-state index is 14.8. The molecule has 1 saturated carbocycles. The monoisotopic (exact) mass is 394 g/mol. The minimum Gasteiger partial charge on any atom is -0.442 e. The van der Waals surface area contributed by atoms with Crippen LogP contribution in [0.4, 0.5) is 25.0 Å². The van der Waals surface area contributed by atoms with Gasteiger partial charge >= 0.3 is 6.09 Å². The lowest BCUT2D eigenvalue weighted by Gasteiger charge is -2.21. The molecule has 28 heavy (non-hydrogen) atoms. The zero-order valence-electron chi connectivity index (χ0n) is 15.2. The summed E-state index contributed by atoms with van der Waals surface area (Å²) in [7, 11) is 0. The van der Waals surface area contributed by atoms with Gasteiger partial charge in [-0.1, -0.05) is 5.16 Å². The molecule has 0 bridgehead atoms. The first kappa shape index (κ1) is 18.5. The van der Waals surface area contributed by atoms with Crippen LogP contribution in [0, 0.1) is 17.0 Å². The smallest absolute Gasteiger partial charge is 0.414 e. The topological polar surface area (TPSA) is 94.5 Å². The van der Waals surface area contributed by atoms with Crippen LogP contribution in [-0.4, -0.2) is 55.2 Å². The average Bonchev–Trinajstić information content (AvgIpc) is 3.16.